The van der Waals surface area contributed by atoms with Gasteiger partial charge >= 0.3 is 12.6 Å². The van der Waals surface area contributed by atoms with Crippen molar-refractivity contribution in [2.24, 2.45) is 0 Å². The molecule has 0 aromatic heterocycles. The van der Waals surface area contributed by atoms with Crippen molar-refractivity contribution in [1.29, 1.82) is 0 Å². The van der Waals surface area contributed by atoms with Crippen LogP contribution in [-0.4, -0.2) is 24.7 Å². The van der Waals surface area contributed by atoms with Gasteiger partial charge in [0.2, 0.25) is 0 Å². The first-order valence-electron chi connectivity index (χ1n) is 4.18. The quantitative estimate of drug-likeness (QED) is 0.580. The van der Waals surface area contributed by atoms with E-state index in [0.717, 1.165) is 0 Å². The van der Waals surface area contributed by atoms with Crippen molar-refractivity contribution >= 4 is 0 Å². The molecule has 0 aromatic carbocycles. The Balaban J connectivity index is 3.92. The first-order chi connectivity index (χ1) is 6.49. The van der Waals surface area contributed by atoms with E-state index in [2.05, 4.69) is 0 Å². The smallest absolute Gasteiger partial charge is 0.225 e. The SMILES string of the molecule is CC(CC(C)NC(F)(F)F)NC(F)(F)F. The second-order valence-corrected chi connectivity index (χ2v) is 3.32. The van der Waals surface area contributed by atoms with Crippen LogP contribution in [0, 0.1) is 0 Å². The van der Waals surface area contributed by atoms with Gasteiger partial charge in [-0.15, -0.1) is 0 Å². The third kappa shape index (κ3) is 9.80. The van der Waals surface area contributed by atoms with Crippen LogP contribution in [0.3, 0.4) is 0 Å². The van der Waals surface area contributed by atoms with Gasteiger partial charge in [-0.1, -0.05) is 0 Å². The molecule has 15 heavy (non-hydrogen) atoms. The summed E-state index contributed by atoms with van der Waals surface area (Å²) in [5.74, 6) is 0. The van der Waals surface area contributed by atoms with Gasteiger partial charge in [0.1, 0.15) is 0 Å². The van der Waals surface area contributed by atoms with Crippen LogP contribution in [0.25, 0.3) is 0 Å². The van der Waals surface area contributed by atoms with Crippen LogP contribution in [0.15, 0.2) is 0 Å². The largest absolute Gasteiger partial charge is 0.457 e. The molecular formula is C7H12F6N2. The van der Waals surface area contributed by atoms with Crippen molar-refractivity contribution in [3.8, 4) is 0 Å². The molecule has 2 unspecified atom stereocenters. The van der Waals surface area contributed by atoms with Crippen LogP contribution in [-0.2, 0) is 0 Å². The maximum Gasteiger partial charge on any atom is 0.457 e. The molecule has 0 aliphatic carbocycles. The lowest BCUT2D eigenvalue weighted by atomic mass is 10.1. The van der Waals surface area contributed by atoms with E-state index in [1.165, 1.54) is 24.5 Å². The Morgan fingerprint density at radius 3 is 1.27 bits per heavy atom. The number of halogens is 6. The van der Waals surface area contributed by atoms with E-state index in [1.54, 1.807) is 0 Å². The summed E-state index contributed by atoms with van der Waals surface area (Å²) in [6, 6.07) is -2.15. The van der Waals surface area contributed by atoms with Crippen LogP contribution < -0.4 is 10.6 Å². The van der Waals surface area contributed by atoms with Crippen molar-refractivity contribution in [2.75, 3.05) is 0 Å². The van der Waals surface area contributed by atoms with E-state index >= 15 is 0 Å². The molecule has 0 heterocycles. The molecule has 8 heteroatoms. The molecule has 0 bridgehead atoms. The fourth-order valence-electron chi connectivity index (χ4n) is 1.21. The van der Waals surface area contributed by atoms with Gasteiger partial charge < -0.3 is 0 Å². The zero-order valence-electron chi connectivity index (χ0n) is 8.13. The predicted octanol–water partition coefficient (Wildman–Crippen LogP) is 2.37. The molecule has 0 saturated heterocycles. The summed E-state index contributed by atoms with van der Waals surface area (Å²) in [5, 5.41) is 2.46. The first kappa shape index (κ1) is 14.5. The minimum absolute atomic E-state index is 0.279. The van der Waals surface area contributed by atoms with Gasteiger partial charge in [-0.2, -0.15) is 26.3 Å². The average molecular weight is 238 g/mol. The Hall–Kier alpha value is -0.500. The lowest BCUT2D eigenvalue weighted by Crippen LogP contribution is -2.45. The lowest BCUT2D eigenvalue weighted by Gasteiger charge is -2.21. The topological polar surface area (TPSA) is 24.1 Å². The Morgan fingerprint density at radius 2 is 1.07 bits per heavy atom. The van der Waals surface area contributed by atoms with Crippen molar-refractivity contribution in [2.45, 2.75) is 45.0 Å². The standard InChI is InChI=1S/C7H12F6N2/c1-4(14-6(8,9)10)3-5(2)15-7(11,12)13/h4-5,14-15H,3H2,1-2H3. The summed E-state index contributed by atoms with van der Waals surface area (Å²) in [6.07, 6.45) is -9.42. The molecule has 2 N–H and O–H groups in total. The van der Waals surface area contributed by atoms with Crippen LogP contribution in [0.5, 0.6) is 0 Å². The molecule has 0 radical (unpaired) electrons. The van der Waals surface area contributed by atoms with Gasteiger partial charge in [-0.05, 0) is 20.3 Å². The van der Waals surface area contributed by atoms with E-state index in [9.17, 15) is 26.3 Å². The van der Waals surface area contributed by atoms with Crippen LogP contribution in [0.4, 0.5) is 26.3 Å². The van der Waals surface area contributed by atoms with E-state index in [4.69, 9.17) is 0 Å². The average Bonchev–Trinajstić information content (AvgIpc) is 1.73. The van der Waals surface area contributed by atoms with Gasteiger partial charge in [0.05, 0.1) is 0 Å². The highest BCUT2D eigenvalue weighted by atomic mass is 19.4. The molecule has 0 aromatic rings. The van der Waals surface area contributed by atoms with Gasteiger partial charge in [-0.3, -0.25) is 0 Å². The second kappa shape index (κ2) is 5.02. The summed E-state index contributed by atoms with van der Waals surface area (Å²) in [5.41, 5.74) is 0. The van der Waals surface area contributed by atoms with Crippen molar-refractivity contribution in [1.82, 2.24) is 10.6 Å². The fourth-order valence-corrected chi connectivity index (χ4v) is 1.21. The first-order valence-corrected chi connectivity index (χ1v) is 4.18. The summed E-state index contributed by atoms with van der Waals surface area (Å²) in [6.45, 7) is 2.34. The minimum Gasteiger partial charge on any atom is -0.225 e. The number of rotatable bonds is 4. The Labute approximate surface area is 83.0 Å². The zero-order chi connectivity index (χ0) is 12.3. The van der Waals surface area contributed by atoms with Gasteiger partial charge in [0.25, 0.3) is 0 Å². The molecule has 2 atom stereocenters. The van der Waals surface area contributed by atoms with E-state index in [-0.39, 0.29) is 6.42 Å². The van der Waals surface area contributed by atoms with Crippen molar-refractivity contribution < 1.29 is 26.3 Å². The van der Waals surface area contributed by atoms with Gasteiger partial charge in [0.15, 0.2) is 0 Å². The molecule has 0 rings (SSSR count). The third-order valence-electron chi connectivity index (χ3n) is 1.53. The maximum atomic E-state index is 11.7. The molecule has 92 valence electrons. The predicted molar refractivity (Wildman–Crippen MR) is 41.9 cm³/mol. The number of alkyl halides is 6. The lowest BCUT2D eigenvalue weighted by molar-refractivity contribution is -0.169. The number of nitrogens with one attached hydrogen (secondary N) is 2. The molecule has 0 amide bonds. The summed E-state index contributed by atoms with van der Waals surface area (Å²) in [4.78, 5) is 0. The Kier molecular flexibility index (Phi) is 4.85. The van der Waals surface area contributed by atoms with Crippen LogP contribution >= 0.6 is 0 Å². The number of hydrogen-bond acceptors (Lipinski definition) is 2. The Morgan fingerprint density at radius 1 is 0.800 bits per heavy atom. The highest BCUT2D eigenvalue weighted by Gasteiger charge is 2.32. The highest BCUT2D eigenvalue weighted by molar-refractivity contribution is 4.71. The normalized spacial score (nSPS) is 17.6. The molecule has 0 spiro atoms. The second-order valence-electron chi connectivity index (χ2n) is 3.32. The van der Waals surface area contributed by atoms with Gasteiger partial charge in [0, 0.05) is 12.1 Å². The van der Waals surface area contributed by atoms with E-state index in [1.807, 2.05) is 0 Å². The van der Waals surface area contributed by atoms with E-state index in [0.29, 0.717) is 0 Å². The van der Waals surface area contributed by atoms with Crippen LogP contribution in [0.2, 0.25) is 0 Å². The van der Waals surface area contributed by atoms with E-state index < -0.39 is 24.7 Å². The molecule has 0 fully saturated rings. The maximum absolute atomic E-state index is 11.7. The number of hydrogen-bond donors (Lipinski definition) is 2. The third-order valence-corrected chi connectivity index (χ3v) is 1.53. The van der Waals surface area contributed by atoms with Crippen molar-refractivity contribution in [3.63, 3.8) is 0 Å². The van der Waals surface area contributed by atoms with Crippen molar-refractivity contribution in [3.05, 3.63) is 0 Å². The summed E-state index contributed by atoms with van der Waals surface area (Å²) < 4.78 is 70.4. The fraction of sp³-hybridized carbons (Fsp3) is 1.00. The molecule has 0 saturated carbocycles. The monoisotopic (exact) mass is 238 g/mol. The minimum atomic E-state index is -4.57. The molecule has 0 aliphatic heterocycles. The van der Waals surface area contributed by atoms with Gasteiger partial charge in [-0.25, -0.2) is 10.6 Å². The van der Waals surface area contributed by atoms with Crippen LogP contribution in [0.1, 0.15) is 20.3 Å². The zero-order valence-corrected chi connectivity index (χ0v) is 8.13. The molecule has 0 aliphatic rings. The highest BCUT2D eigenvalue weighted by Crippen LogP contribution is 2.15. The summed E-state index contributed by atoms with van der Waals surface area (Å²) in [7, 11) is 0. The molecular weight excluding hydrogens is 226 g/mol. The Bertz CT molecular complexity index is 167. The molecule has 2 nitrogen and oxygen atoms in total. The summed E-state index contributed by atoms with van der Waals surface area (Å²) >= 11 is 0.